The molecular formula is C23H24FN3O. The average Bonchev–Trinajstić information content (AvgIpc) is 2.76. The van der Waals surface area contributed by atoms with Crippen LogP contribution in [0.4, 0.5) is 10.2 Å². The topological polar surface area (TPSA) is 49.2 Å². The first-order valence-electron chi connectivity index (χ1n) is 9.65. The monoisotopic (exact) mass is 377 g/mol. The second-order valence-electron chi connectivity index (χ2n) is 7.35. The summed E-state index contributed by atoms with van der Waals surface area (Å²) >= 11 is 0. The van der Waals surface area contributed by atoms with Crippen molar-refractivity contribution < 1.29 is 9.50 Å². The van der Waals surface area contributed by atoms with Crippen molar-refractivity contribution >= 4 is 5.82 Å². The molecule has 0 atom stereocenters. The number of hydrogen-bond donors (Lipinski definition) is 1. The maximum atomic E-state index is 14.3. The number of nitrogens with zero attached hydrogens (tertiary/aromatic N) is 3. The van der Waals surface area contributed by atoms with E-state index in [4.69, 9.17) is 4.98 Å². The molecule has 4 nitrogen and oxygen atoms in total. The predicted octanol–water partition coefficient (Wildman–Crippen LogP) is 3.96. The Morgan fingerprint density at radius 3 is 2.04 bits per heavy atom. The lowest BCUT2D eigenvalue weighted by atomic mass is 9.89. The molecule has 0 spiro atoms. The Morgan fingerprint density at radius 2 is 1.50 bits per heavy atom. The van der Waals surface area contributed by atoms with Crippen LogP contribution < -0.4 is 4.90 Å². The minimum absolute atomic E-state index is 0.0163. The molecule has 2 heterocycles. The average molecular weight is 377 g/mol. The number of anilines is 1. The van der Waals surface area contributed by atoms with Gasteiger partial charge in [0, 0.05) is 32.1 Å². The van der Waals surface area contributed by atoms with Gasteiger partial charge in [0.1, 0.15) is 11.5 Å². The van der Waals surface area contributed by atoms with E-state index in [0.717, 1.165) is 22.6 Å². The molecule has 3 aromatic rings. The van der Waals surface area contributed by atoms with Gasteiger partial charge in [-0.25, -0.2) is 9.37 Å². The SMILES string of the molecule is OCC1(F)CCN(c2cncc(C(c3ccccc3)c3ccccc3)n2)CC1. The van der Waals surface area contributed by atoms with E-state index < -0.39 is 12.3 Å². The summed E-state index contributed by atoms with van der Waals surface area (Å²) in [6.07, 6.45) is 4.15. The van der Waals surface area contributed by atoms with Crippen molar-refractivity contribution in [1.82, 2.24) is 9.97 Å². The zero-order valence-corrected chi connectivity index (χ0v) is 15.7. The third kappa shape index (κ3) is 3.90. The van der Waals surface area contributed by atoms with Crippen LogP contribution in [0.5, 0.6) is 0 Å². The summed E-state index contributed by atoms with van der Waals surface area (Å²) in [6, 6.07) is 20.5. The van der Waals surface area contributed by atoms with Gasteiger partial charge in [-0.2, -0.15) is 0 Å². The maximum absolute atomic E-state index is 14.3. The predicted molar refractivity (Wildman–Crippen MR) is 108 cm³/mol. The van der Waals surface area contributed by atoms with Crippen LogP contribution in [0.2, 0.25) is 0 Å². The zero-order chi connectivity index (χ0) is 19.4. The second-order valence-corrected chi connectivity index (χ2v) is 7.35. The molecular weight excluding hydrogens is 353 g/mol. The van der Waals surface area contributed by atoms with Crippen LogP contribution in [0.15, 0.2) is 73.1 Å². The lowest BCUT2D eigenvalue weighted by molar-refractivity contribution is 0.0480. The lowest BCUT2D eigenvalue weighted by Crippen LogP contribution is -2.44. The second kappa shape index (κ2) is 8.07. The van der Waals surface area contributed by atoms with Crippen molar-refractivity contribution in [3.8, 4) is 0 Å². The van der Waals surface area contributed by atoms with Crippen LogP contribution in [0.3, 0.4) is 0 Å². The highest BCUT2D eigenvalue weighted by Crippen LogP contribution is 2.32. The van der Waals surface area contributed by atoms with Gasteiger partial charge in [-0.15, -0.1) is 0 Å². The summed E-state index contributed by atoms with van der Waals surface area (Å²) < 4.78 is 14.3. The van der Waals surface area contributed by atoms with Crippen molar-refractivity contribution in [3.05, 3.63) is 89.9 Å². The Bertz CT molecular complexity index is 856. The first-order valence-corrected chi connectivity index (χ1v) is 9.65. The summed E-state index contributed by atoms with van der Waals surface area (Å²) in [5.41, 5.74) is 1.70. The van der Waals surface area contributed by atoms with Crippen LogP contribution in [0.25, 0.3) is 0 Å². The zero-order valence-electron chi connectivity index (χ0n) is 15.7. The van der Waals surface area contributed by atoms with Crippen LogP contribution in [-0.4, -0.2) is 40.4 Å². The van der Waals surface area contributed by atoms with Gasteiger partial charge in [0.15, 0.2) is 0 Å². The van der Waals surface area contributed by atoms with Gasteiger partial charge >= 0.3 is 0 Å². The van der Waals surface area contributed by atoms with Crippen molar-refractivity contribution in [2.24, 2.45) is 0 Å². The van der Waals surface area contributed by atoms with Crippen molar-refractivity contribution in [3.63, 3.8) is 0 Å². The fraction of sp³-hybridized carbons (Fsp3) is 0.304. The Kier molecular flexibility index (Phi) is 5.35. The molecule has 0 radical (unpaired) electrons. The van der Waals surface area contributed by atoms with E-state index in [1.165, 1.54) is 0 Å². The van der Waals surface area contributed by atoms with Gasteiger partial charge in [0.05, 0.1) is 24.4 Å². The molecule has 1 saturated heterocycles. The number of rotatable bonds is 5. The number of benzene rings is 2. The molecule has 4 rings (SSSR count). The standard InChI is InChI=1S/C23H24FN3O/c24-23(17-28)11-13-27(14-12-23)21-16-25-15-20(26-21)22(18-7-3-1-4-8-18)19-9-5-2-6-10-19/h1-10,15-16,22,28H,11-14,17H2. The van der Waals surface area contributed by atoms with E-state index in [1.54, 1.807) is 6.20 Å². The van der Waals surface area contributed by atoms with Crippen LogP contribution in [0.1, 0.15) is 35.6 Å². The molecule has 0 amide bonds. The summed E-state index contributed by atoms with van der Waals surface area (Å²) in [6.45, 7) is 0.629. The fourth-order valence-corrected chi connectivity index (χ4v) is 3.78. The van der Waals surface area contributed by atoms with Gasteiger partial charge in [-0.3, -0.25) is 4.98 Å². The number of halogens is 1. The number of hydrogen-bond acceptors (Lipinski definition) is 4. The van der Waals surface area contributed by atoms with Crippen LogP contribution in [-0.2, 0) is 0 Å². The smallest absolute Gasteiger partial charge is 0.147 e. The van der Waals surface area contributed by atoms with Crippen molar-refractivity contribution in [2.75, 3.05) is 24.6 Å². The third-order valence-corrected chi connectivity index (χ3v) is 5.47. The van der Waals surface area contributed by atoms with Crippen molar-refractivity contribution in [2.45, 2.75) is 24.4 Å². The Labute approximate surface area is 164 Å². The summed E-state index contributed by atoms with van der Waals surface area (Å²) in [7, 11) is 0. The molecule has 28 heavy (non-hydrogen) atoms. The number of aliphatic hydroxyl groups excluding tert-OH is 1. The third-order valence-electron chi connectivity index (χ3n) is 5.47. The number of aromatic nitrogens is 2. The summed E-state index contributed by atoms with van der Waals surface area (Å²) in [4.78, 5) is 11.4. The van der Waals surface area contributed by atoms with E-state index in [-0.39, 0.29) is 5.92 Å². The Morgan fingerprint density at radius 1 is 0.929 bits per heavy atom. The largest absolute Gasteiger partial charge is 0.393 e. The first kappa shape index (κ1) is 18.6. The van der Waals surface area contributed by atoms with E-state index >= 15 is 0 Å². The summed E-state index contributed by atoms with van der Waals surface area (Å²) in [5.74, 6) is 0.742. The molecule has 1 aliphatic heterocycles. The molecule has 0 aliphatic carbocycles. The van der Waals surface area contributed by atoms with Gasteiger partial charge in [0.2, 0.25) is 0 Å². The Hall–Kier alpha value is -2.79. The van der Waals surface area contributed by atoms with E-state index in [2.05, 4.69) is 34.1 Å². The molecule has 1 N–H and O–H groups in total. The minimum Gasteiger partial charge on any atom is -0.393 e. The quantitative estimate of drug-likeness (QED) is 0.731. The van der Waals surface area contributed by atoms with Crippen molar-refractivity contribution in [1.29, 1.82) is 0 Å². The first-order chi connectivity index (χ1) is 13.7. The molecule has 144 valence electrons. The van der Waals surface area contributed by atoms with Gasteiger partial charge in [-0.05, 0) is 11.1 Å². The van der Waals surface area contributed by atoms with E-state index in [1.807, 2.05) is 42.6 Å². The molecule has 0 saturated carbocycles. The Balaban J connectivity index is 1.66. The van der Waals surface area contributed by atoms with Crippen LogP contribution >= 0.6 is 0 Å². The number of piperidine rings is 1. The van der Waals surface area contributed by atoms with Gasteiger partial charge in [0.25, 0.3) is 0 Å². The maximum Gasteiger partial charge on any atom is 0.147 e. The van der Waals surface area contributed by atoms with E-state index in [9.17, 15) is 9.50 Å². The normalized spacial score (nSPS) is 16.3. The molecule has 2 aromatic carbocycles. The molecule has 0 unspecified atom stereocenters. The molecule has 1 aliphatic rings. The van der Waals surface area contributed by atoms with Crippen LogP contribution in [0, 0.1) is 0 Å². The highest BCUT2D eigenvalue weighted by molar-refractivity contribution is 5.44. The highest BCUT2D eigenvalue weighted by Gasteiger charge is 2.34. The lowest BCUT2D eigenvalue weighted by Gasteiger charge is -2.36. The molecule has 5 heteroatoms. The molecule has 0 bridgehead atoms. The van der Waals surface area contributed by atoms with E-state index in [0.29, 0.717) is 25.9 Å². The number of aliphatic hydroxyl groups is 1. The summed E-state index contributed by atoms with van der Waals surface area (Å²) in [5, 5.41) is 9.25. The van der Waals surface area contributed by atoms with Gasteiger partial charge in [-0.1, -0.05) is 60.7 Å². The fourth-order valence-electron chi connectivity index (χ4n) is 3.78. The molecule has 1 fully saturated rings. The molecule has 1 aromatic heterocycles. The number of alkyl halides is 1. The minimum atomic E-state index is -1.47. The van der Waals surface area contributed by atoms with Gasteiger partial charge < -0.3 is 10.0 Å². The highest BCUT2D eigenvalue weighted by atomic mass is 19.1.